The second kappa shape index (κ2) is 5.15. The normalized spacial score (nSPS) is 11.2. The molecule has 0 aliphatic rings. The van der Waals surface area contributed by atoms with Gasteiger partial charge in [0.05, 0.1) is 5.39 Å². The summed E-state index contributed by atoms with van der Waals surface area (Å²) in [5.74, 6) is 0. The van der Waals surface area contributed by atoms with Crippen molar-refractivity contribution in [3.8, 4) is 0 Å². The Morgan fingerprint density at radius 2 is 1.71 bits per heavy atom. The molecule has 0 N–H and O–H groups in total. The number of aryl methyl sites for hydroxylation is 4. The molecule has 0 aliphatic carbocycles. The minimum atomic E-state index is 0.173. The zero-order valence-corrected chi connectivity index (χ0v) is 13.7. The molecule has 2 aromatic heterocycles. The molecule has 3 rings (SSSR count). The number of pyridine rings is 1. The number of hydrogen-bond donors (Lipinski definition) is 0. The van der Waals surface area contributed by atoms with Crippen LogP contribution in [0.15, 0.2) is 35.3 Å². The minimum Gasteiger partial charge on any atom is -0.334 e. The maximum absolute atomic E-state index is 12.4. The van der Waals surface area contributed by atoms with Crippen LogP contribution in [0.25, 0.3) is 10.2 Å². The number of nitrogens with zero attached hydrogens (tertiary/aromatic N) is 1. The molecule has 2 heterocycles. The predicted molar refractivity (Wildman–Crippen MR) is 90.6 cm³/mol. The monoisotopic (exact) mass is 297 g/mol. The van der Waals surface area contributed by atoms with Crippen LogP contribution in [0, 0.1) is 27.7 Å². The number of hydrogen-bond acceptors (Lipinski definition) is 2. The summed E-state index contributed by atoms with van der Waals surface area (Å²) >= 11 is 1.71. The first kappa shape index (κ1) is 14.1. The van der Waals surface area contributed by atoms with Gasteiger partial charge in [-0.15, -0.1) is 11.3 Å². The second-order valence-electron chi connectivity index (χ2n) is 5.72. The molecule has 0 atom stereocenters. The van der Waals surface area contributed by atoms with Gasteiger partial charge < -0.3 is 4.57 Å². The van der Waals surface area contributed by atoms with E-state index in [0.29, 0.717) is 0 Å². The van der Waals surface area contributed by atoms with E-state index in [1.165, 1.54) is 16.0 Å². The van der Waals surface area contributed by atoms with Crippen LogP contribution < -0.4 is 5.43 Å². The summed E-state index contributed by atoms with van der Waals surface area (Å²) in [6, 6.07) is 8.57. The van der Waals surface area contributed by atoms with Crippen LogP contribution >= 0.6 is 11.3 Å². The maximum Gasteiger partial charge on any atom is 0.193 e. The summed E-state index contributed by atoms with van der Waals surface area (Å²) in [6.07, 6.45) is 1.99. The zero-order valence-electron chi connectivity index (χ0n) is 12.9. The first-order valence-electron chi connectivity index (χ1n) is 7.12. The van der Waals surface area contributed by atoms with Crippen molar-refractivity contribution < 1.29 is 0 Å². The highest BCUT2D eigenvalue weighted by Crippen LogP contribution is 2.28. The van der Waals surface area contributed by atoms with Crippen molar-refractivity contribution >= 4 is 21.6 Å². The van der Waals surface area contributed by atoms with E-state index in [1.807, 2.05) is 20.0 Å². The summed E-state index contributed by atoms with van der Waals surface area (Å²) in [5.41, 5.74) is 4.64. The predicted octanol–water partition coefficient (Wildman–Crippen LogP) is 4.34. The topological polar surface area (TPSA) is 22.0 Å². The fourth-order valence-electron chi connectivity index (χ4n) is 2.63. The Balaban J connectivity index is 2.19. The van der Waals surface area contributed by atoms with E-state index in [-0.39, 0.29) is 5.43 Å². The summed E-state index contributed by atoms with van der Waals surface area (Å²) in [6.45, 7) is 8.94. The highest BCUT2D eigenvalue weighted by Gasteiger charge is 2.13. The van der Waals surface area contributed by atoms with Crippen molar-refractivity contribution in [2.24, 2.45) is 0 Å². The molecule has 0 fully saturated rings. The molecular weight excluding hydrogens is 278 g/mol. The fraction of sp³-hybridized carbons (Fsp3) is 0.278. The zero-order chi connectivity index (χ0) is 15.1. The van der Waals surface area contributed by atoms with Gasteiger partial charge in [-0.25, -0.2) is 0 Å². The van der Waals surface area contributed by atoms with Gasteiger partial charge in [0.25, 0.3) is 0 Å². The van der Waals surface area contributed by atoms with Crippen molar-refractivity contribution in [2.45, 2.75) is 34.2 Å². The van der Waals surface area contributed by atoms with Crippen LogP contribution in [0.3, 0.4) is 0 Å². The smallest absolute Gasteiger partial charge is 0.193 e. The number of thiophene rings is 1. The van der Waals surface area contributed by atoms with Gasteiger partial charge in [0, 0.05) is 23.2 Å². The highest BCUT2D eigenvalue weighted by molar-refractivity contribution is 7.18. The van der Waals surface area contributed by atoms with Crippen molar-refractivity contribution in [1.82, 2.24) is 4.57 Å². The molecule has 0 amide bonds. The lowest BCUT2D eigenvalue weighted by Gasteiger charge is -2.10. The molecule has 0 bridgehead atoms. The van der Waals surface area contributed by atoms with E-state index < -0.39 is 0 Å². The van der Waals surface area contributed by atoms with Gasteiger partial charge in [-0.05, 0) is 38.8 Å². The summed E-state index contributed by atoms with van der Waals surface area (Å²) < 4.78 is 2.21. The third kappa shape index (κ3) is 2.42. The average Bonchev–Trinajstić information content (AvgIpc) is 2.75. The molecule has 21 heavy (non-hydrogen) atoms. The van der Waals surface area contributed by atoms with E-state index in [4.69, 9.17) is 0 Å². The Hall–Kier alpha value is -1.87. The number of benzene rings is 1. The Morgan fingerprint density at radius 3 is 2.38 bits per heavy atom. The molecule has 1 aromatic carbocycles. The van der Waals surface area contributed by atoms with Gasteiger partial charge in [0.15, 0.2) is 5.43 Å². The molecule has 0 aliphatic heterocycles. The Morgan fingerprint density at radius 1 is 1.05 bits per heavy atom. The molecule has 108 valence electrons. The maximum atomic E-state index is 12.4. The molecule has 3 aromatic rings. The molecule has 0 radical (unpaired) electrons. The highest BCUT2D eigenvalue weighted by atomic mass is 32.1. The van der Waals surface area contributed by atoms with Crippen LogP contribution in [0.4, 0.5) is 0 Å². The molecule has 0 spiro atoms. The Bertz CT molecular complexity index is 869. The van der Waals surface area contributed by atoms with Crippen molar-refractivity contribution in [3.63, 3.8) is 0 Å². The van der Waals surface area contributed by atoms with Crippen molar-refractivity contribution in [2.75, 3.05) is 0 Å². The van der Waals surface area contributed by atoms with Crippen LogP contribution in [0.2, 0.25) is 0 Å². The molecule has 2 nitrogen and oxygen atoms in total. The summed E-state index contributed by atoms with van der Waals surface area (Å²) in [7, 11) is 0. The quantitative estimate of drug-likeness (QED) is 0.689. The van der Waals surface area contributed by atoms with Crippen molar-refractivity contribution in [3.05, 3.63) is 67.8 Å². The Kier molecular flexibility index (Phi) is 3.46. The lowest BCUT2D eigenvalue weighted by atomic mass is 10.1. The summed E-state index contributed by atoms with van der Waals surface area (Å²) in [4.78, 5) is 14.7. The van der Waals surface area contributed by atoms with Gasteiger partial charge in [-0.1, -0.05) is 29.8 Å². The van der Waals surface area contributed by atoms with E-state index in [0.717, 1.165) is 27.9 Å². The first-order chi connectivity index (χ1) is 9.97. The number of fused-ring (bicyclic) bond motifs is 1. The first-order valence-corrected chi connectivity index (χ1v) is 7.94. The Labute approximate surface area is 128 Å². The van der Waals surface area contributed by atoms with E-state index in [9.17, 15) is 4.79 Å². The lowest BCUT2D eigenvalue weighted by molar-refractivity contribution is 0.825. The van der Waals surface area contributed by atoms with Gasteiger partial charge >= 0.3 is 0 Å². The van der Waals surface area contributed by atoms with Crippen LogP contribution in [-0.2, 0) is 6.54 Å². The molecule has 0 saturated heterocycles. The van der Waals surface area contributed by atoms with E-state index >= 15 is 0 Å². The fourth-order valence-corrected chi connectivity index (χ4v) is 3.76. The van der Waals surface area contributed by atoms with Gasteiger partial charge in [0.2, 0.25) is 0 Å². The lowest BCUT2D eigenvalue weighted by Crippen LogP contribution is -2.12. The molecular formula is C18H19NOS. The van der Waals surface area contributed by atoms with E-state index in [1.54, 1.807) is 11.3 Å². The summed E-state index contributed by atoms with van der Waals surface area (Å²) in [5, 5.41) is 0.893. The minimum absolute atomic E-state index is 0.173. The molecule has 0 saturated carbocycles. The average molecular weight is 297 g/mol. The third-order valence-corrected chi connectivity index (χ3v) is 5.28. The SMILES string of the molecule is Cc1ccc(Cn2cc(C)c(=O)c3c(C)c(C)sc32)cc1. The largest absolute Gasteiger partial charge is 0.334 e. The van der Waals surface area contributed by atoms with Gasteiger partial charge in [-0.3, -0.25) is 4.79 Å². The van der Waals surface area contributed by atoms with Crippen molar-refractivity contribution in [1.29, 1.82) is 0 Å². The number of rotatable bonds is 2. The van der Waals surface area contributed by atoms with Crippen LogP contribution in [-0.4, -0.2) is 4.57 Å². The third-order valence-electron chi connectivity index (χ3n) is 4.04. The standard InChI is InChI=1S/C18H19NOS/c1-11-5-7-15(8-6-11)10-19-9-12(2)17(20)16-13(3)14(4)21-18(16)19/h5-9H,10H2,1-4H3. The van der Waals surface area contributed by atoms with Gasteiger partial charge in [0.1, 0.15) is 4.83 Å². The van der Waals surface area contributed by atoms with Crippen LogP contribution in [0.5, 0.6) is 0 Å². The number of aromatic nitrogens is 1. The van der Waals surface area contributed by atoms with E-state index in [2.05, 4.69) is 42.7 Å². The van der Waals surface area contributed by atoms with Crippen LogP contribution in [0.1, 0.15) is 27.1 Å². The molecule has 3 heteroatoms. The molecule has 0 unspecified atom stereocenters. The van der Waals surface area contributed by atoms with Gasteiger partial charge in [-0.2, -0.15) is 0 Å². The second-order valence-corrected chi connectivity index (χ2v) is 6.92.